The lowest BCUT2D eigenvalue weighted by Crippen LogP contribution is -2.54. The fourth-order valence-corrected chi connectivity index (χ4v) is 3.75. The average molecular weight is 318 g/mol. The Balaban J connectivity index is 1.46. The zero-order chi connectivity index (χ0) is 16.1. The molecule has 3 rings (SSSR count). The highest BCUT2D eigenvalue weighted by Crippen LogP contribution is 2.19. The molecule has 1 aromatic carbocycles. The summed E-state index contributed by atoms with van der Waals surface area (Å²) in [7, 11) is 0. The van der Waals surface area contributed by atoms with Crippen LogP contribution in [0.1, 0.15) is 37.9 Å². The molecular formula is C19H30N2O2. The number of benzene rings is 1. The maximum absolute atomic E-state index is 10.4. The first-order valence-electron chi connectivity index (χ1n) is 9.03. The molecule has 1 aromatic rings. The number of piperazine rings is 1. The lowest BCUT2D eigenvalue weighted by Gasteiger charge is -2.42. The van der Waals surface area contributed by atoms with Crippen LogP contribution in [0.5, 0.6) is 0 Å². The summed E-state index contributed by atoms with van der Waals surface area (Å²) in [6.07, 6.45) is 3.77. The molecule has 1 N–H and O–H groups in total. The number of aliphatic hydroxyl groups excluding tert-OH is 1. The van der Waals surface area contributed by atoms with Crippen molar-refractivity contribution in [1.29, 1.82) is 0 Å². The summed E-state index contributed by atoms with van der Waals surface area (Å²) in [6, 6.07) is 10.5. The lowest BCUT2D eigenvalue weighted by molar-refractivity contribution is -0.0259. The van der Waals surface area contributed by atoms with Gasteiger partial charge < -0.3 is 9.84 Å². The second kappa shape index (κ2) is 8.25. The highest BCUT2D eigenvalue weighted by molar-refractivity contribution is 5.17. The highest BCUT2D eigenvalue weighted by Gasteiger charge is 2.27. The Morgan fingerprint density at radius 1 is 1.22 bits per heavy atom. The van der Waals surface area contributed by atoms with Crippen LogP contribution < -0.4 is 0 Å². The second-order valence-electron chi connectivity index (χ2n) is 7.02. The largest absolute Gasteiger partial charge is 0.387 e. The lowest BCUT2D eigenvalue weighted by atomic mass is 10.1. The van der Waals surface area contributed by atoms with E-state index in [0.29, 0.717) is 12.1 Å². The van der Waals surface area contributed by atoms with E-state index < -0.39 is 6.10 Å². The molecule has 23 heavy (non-hydrogen) atoms. The Kier molecular flexibility index (Phi) is 6.06. The number of β-amino-alcohol motifs (C(OH)–C–C–N with tert-alkyl or cyclic N) is 1. The molecule has 0 amide bonds. The highest BCUT2D eigenvalue weighted by atomic mass is 16.5. The van der Waals surface area contributed by atoms with Crippen molar-refractivity contribution >= 4 is 0 Å². The van der Waals surface area contributed by atoms with Crippen molar-refractivity contribution < 1.29 is 9.84 Å². The van der Waals surface area contributed by atoms with Crippen LogP contribution in [-0.2, 0) is 4.74 Å². The Hall–Kier alpha value is -0.940. The van der Waals surface area contributed by atoms with Gasteiger partial charge in [-0.1, -0.05) is 30.3 Å². The van der Waals surface area contributed by atoms with Crippen LogP contribution in [0.25, 0.3) is 0 Å². The summed E-state index contributed by atoms with van der Waals surface area (Å²) >= 11 is 0. The van der Waals surface area contributed by atoms with E-state index in [1.54, 1.807) is 0 Å². The topological polar surface area (TPSA) is 35.9 Å². The van der Waals surface area contributed by atoms with E-state index >= 15 is 0 Å². The van der Waals surface area contributed by atoms with Gasteiger partial charge in [0, 0.05) is 45.4 Å². The van der Waals surface area contributed by atoms with Gasteiger partial charge in [0.2, 0.25) is 0 Å². The minimum atomic E-state index is -0.396. The summed E-state index contributed by atoms with van der Waals surface area (Å²) in [6.45, 7) is 8.16. The van der Waals surface area contributed by atoms with Crippen LogP contribution in [0.4, 0.5) is 0 Å². The normalized spacial score (nSPS) is 28.6. The number of aliphatic hydroxyl groups is 1. The third-order valence-corrected chi connectivity index (χ3v) is 5.18. The van der Waals surface area contributed by atoms with Crippen LogP contribution in [0.3, 0.4) is 0 Å². The Morgan fingerprint density at radius 3 is 2.74 bits per heavy atom. The molecule has 2 saturated heterocycles. The molecule has 2 aliphatic heterocycles. The van der Waals surface area contributed by atoms with Crippen LogP contribution in [0.2, 0.25) is 0 Å². The monoisotopic (exact) mass is 318 g/mol. The minimum Gasteiger partial charge on any atom is -0.387 e. The van der Waals surface area contributed by atoms with E-state index in [2.05, 4.69) is 16.7 Å². The Bertz CT molecular complexity index is 462. The summed E-state index contributed by atoms with van der Waals surface area (Å²) in [5, 5.41) is 10.4. The molecule has 0 radical (unpaired) electrons. The van der Waals surface area contributed by atoms with Gasteiger partial charge >= 0.3 is 0 Å². The fraction of sp³-hybridized carbons (Fsp3) is 0.684. The molecule has 3 atom stereocenters. The summed E-state index contributed by atoms with van der Waals surface area (Å²) in [4.78, 5) is 4.95. The van der Waals surface area contributed by atoms with Crippen molar-refractivity contribution in [2.45, 2.75) is 44.4 Å². The molecular weight excluding hydrogens is 288 g/mol. The summed E-state index contributed by atoms with van der Waals surface area (Å²) in [5.41, 5.74) is 1.01. The molecule has 4 heteroatoms. The fourth-order valence-electron chi connectivity index (χ4n) is 3.75. The van der Waals surface area contributed by atoms with E-state index in [-0.39, 0.29) is 0 Å². The van der Waals surface area contributed by atoms with Crippen molar-refractivity contribution in [3.8, 4) is 0 Å². The molecule has 0 unspecified atom stereocenters. The van der Waals surface area contributed by atoms with Gasteiger partial charge in [-0.15, -0.1) is 0 Å². The van der Waals surface area contributed by atoms with Crippen LogP contribution in [-0.4, -0.2) is 66.4 Å². The van der Waals surface area contributed by atoms with E-state index in [9.17, 15) is 5.11 Å². The first kappa shape index (κ1) is 16.9. The molecule has 0 aliphatic carbocycles. The van der Waals surface area contributed by atoms with Crippen molar-refractivity contribution in [3.05, 3.63) is 35.9 Å². The smallest absolute Gasteiger partial charge is 0.0917 e. The standard InChI is InChI=1S/C19H30N2O2/c1-16-13-20(14-18-9-5-6-12-23-18)10-11-21(16)15-19(22)17-7-3-2-4-8-17/h2-4,7-8,16,18-19,22H,5-6,9-15H2,1H3/t16-,18+,19-/m1/s1. The molecule has 2 fully saturated rings. The van der Waals surface area contributed by atoms with Crippen LogP contribution in [0.15, 0.2) is 30.3 Å². The van der Waals surface area contributed by atoms with Crippen molar-refractivity contribution in [3.63, 3.8) is 0 Å². The predicted octanol–water partition coefficient (Wildman–Crippen LogP) is 2.30. The van der Waals surface area contributed by atoms with Gasteiger partial charge in [0.05, 0.1) is 12.2 Å². The van der Waals surface area contributed by atoms with E-state index in [1.807, 2.05) is 30.3 Å². The minimum absolute atomic E-state index is 0.396. The second-order valence-corrected chi connectivity index (χ2v) is 7.02. The third-order valence-electron chi connectivity index (χ3n) is 5.18. The number of hydrogen-bond donors (Lipinski definition) is 1. The first-order valence-corrected chi connectivity index (χ1v) is 9.03. The molecule has 128 valence electrons. The van der Waals surface area contributed by atoms with Crippen molar-refractivity contribution in [1.82, 2.24) is 9.80 Å². The van der Waals surface area contributed by atoms with Crippen molar-refractivity contribution in [2.75, 3.05) is 39.3 Å². The molecule has 0 spiro atoms. The number of ether oxygens (including phenoxy) is 1. The number of nitrogens with zero attached hydrogens (tertiary/aromatic N) is 2. The zero-order valence-corrected chi connectivity index (χ0v) is 14.2. The van der Waals surface area contributed by atoms with Crippen molar-refractivity contribution in [2.24, 2.45) is 0 Å². The van der Waals surface area contributed by atoms with E-state index in [0.717, 1.165) is 44.9 Å². The molecule has 2 aliphatic rings. The van der Waals surface area contributed by atoms with Crippen LogP contribution in [0, 0.1) is 0 Å². The molecule has 0 aromatic heterocycles. The van der Waals surface area contributed by atoms with Gasteiger partial charge in [0.15, 0.2) is 0 Å². The SMILES string of the molecule is C[C@@H]1CN(C[C@@H]2CCCCO2)CCN1C[C@@H](O)c1ccccc1. The Labute approximate surface area is 140 Å². The zero-order valence-electron chi connectivity index (χ0n) is 14.2. The summed E-state index contributed by atoms with van der Waals surface area (Å²) in [5.74, 6) is 0. The van der Waals surface area contributed by atoms with Gasteiger partial charge in [-0.25, -0.2) is 0 Å². The predicted molar refractivity (Wildman–Crippen MR) is 92.5 cm³/mol. The van der Waals surface area contributed by atoms with E-state index in [4.69, 9.17) is 4.74 Å². The average Bonchev–Trinajstić information content (AvgIpc) is 2.59. The van der Waals surface area contributed by atoms with Gasteiger partial charge in [0.25, 0.3) is 0 Å². The van der Waals surface area contributed by atoms with Crippen LogP contribution >= 0.6 is 0 Å². The molecule has 2 heterocycles. The van der Waals surface area contributed by atoms with Gasteiger partial charge in [0.1, 0.15) is 0 Å². The number of rotatable bonds is 5. The molecule has 4 nitrogen and oxygen atoms in total. The molecule has 0 bridgehead atoms. The van der Waals surface area contributed by atoms with Gasteiger partial charge in [-0.2, -0.15) is 0 Å². The quantitative estimate of drug-likeness (QED) is 0.904. The van der Waals surface area contributed by atoms with E-state index in [1.165, 1.54) is 19.3 Å². The van der Waals surface area contributed by atoms with Gasteiger partial charge in [-0.3, -0.25) is 9.80 Å². The Morgan fingerprint density at radius 2 is 2.04 bits per heavy atom. The summed E-state index contributed by atoms with van der Waals surface area (Å²) < 4.78 is 5.87. The molecule has 0 saturated carbocycles. The number of hydrogen-bond acceptors (Lipinski definition) is 4. The third kappa shape index (κ3) is 4.77. The maximum Gasteiger partial charge on any atom is 0.0917 e. The van der Waals surface area contributed by atoms with Gasteiger partial charge in [-0.05, 0) is 31.7 Å². The first-order chi connectivity index (χ1) is 11.2. The maximum atomic E-state index is 10.4.